The molecule has 2 N–H and O–H groups in total. The minimum atomic E-state index is -0.373. The first kappa shape index (κ1) is 17.2. The number of amides is 2. The Morgan fingerprint density at radius 1 is 0.893 bits per heavy atom. The summed E-state index contributed by atoms with van der Waals surface area (Å²) in [6.07, 6.45) is 2.87. The second-order valence-electron chi connectivity index (χ2n) is 5.77. The van der Waals surface area contributed by atoms with Gasteiger partial charge in [-0.15, -0.1) is 5.10 Å². The van der Waals surface area contributed by atoms with Gasteiger partial charge in [0.2, 0.25) is 0 Å². The summed E-state index contributed by atoms with van der Waals surface area (Å²) in [5.41, 5.74) is 2.17. The molecule has 0 atom stereocenters. The molecule has 0 saturated carbocycles. The van der Waals surface area contributed by atoms with Crippen molar-refractivity contribution in [3.05, 3.63) is 84.6 Å². The molecule has 0 aliphatic rings. The van der Waals surface area contributed by atoms with Crippen LogP contribution in [0.5, 0.6) is 0 Å². The van der Waals surface area contributed by atoms with Crippen LogP contribution in [0.2, 0.25) is 0 Å². The summed E-state index contributed by atoms with van der Waals surface area (Å²) >= 11 is 0. The molecule has 0 fully saturated rings. The minimum Gasteiger partial charge on any atom is -0.459 e. The summed E-state index contributed by atoms with van der Waals surface area (Å²) in [6, 6.07) is 16.9. The standard InChI is InChI=1S/C19H14N6O3/c26-18(13-4-1-7-16(10-13)25-12-20-23-24-25)21-14-5-2-6-15(11-14)22-19(27)17-8-3-9-28-17/h1-12H,(H,21,26)(H,22,27). The zero-order valence-corrected chi connectivity index (χ0v) is 14.4. The van der Waals surface area contributed by atoms with Gasteiger partial charge in [-0.1, -0.05) is 12.1 Å². The molecule has 0 radical (unpaired) electrons. The fraction of sp³-hybridized carbons (Fsp3) is 0. The average molecular weight is 374 g/mol. The molecular formula is C19H14N6O3. The van der Waals surface area contributed by atoms with Gasteiger partial charge in [-0.2, -0.15) is 0 Å². The van der Waals surface area contributed by atoms with Gasteiger partial charge < -0.3 is 15.1 Å². The van der Waals surface area contributed by atoms with Crippen LogP contribution in [0.1, 0.15) is 20.9 Å². The highest BCUT2D eigenvalue weighted by Gasteiger charge is 2.11. The van der Waals surface area contributed by atoms with Crippen molar-refractivity contribution >= 4 is 23.2 Å². The topological polar surface area (TPSA) is 115 Å². The van der Waals surface area contributed by atoms with Crippen LogP contribution in [0.25, 0.3) is 5.69 Å². The molecule has 0 saturated heterocycles. The van der Waals surface area contributed by atoms with Crippen LogP contribution < -0.4 is 10.6 Å². The van der Waals surface area contributed by atoms with E-state index >= 15 is 0 Å². The molecular weight excluding hydrogens is 360 g/mol. The molecule has 138 valence electrons. The monoisotopic (exact) mass is 374 g/mol. The number of carbonyl (C=O) groups excluding carboxylic acids is 2. The summed E-state index contributed by atoms with van der Waals surface area (Å²) < 4.78 is 6.52. The van der Waals surface area contributed by atoms with Gasteiger partial charge in [-0.25, -0.2) is 4.68 Å². The number of aromatic nitrogens is 4. The lowest BCUT2D eigenvalue weighted by molar-refractivity contribution is 0.0995. The van der Waals surface area contributed by atoms with Crippen LogP contribution in [0.15, 0.2) is 77.7 Å². The highest BCUT2D eigenvalue weighted by Crippen LogP contribution is 2.18. The first-order valence-corrected chi connectivity index (χ1v) is 8.29. The maximum absolute atomic E-state index is 12.6. The molecule has 0 unspecified atom stereocenters. The lowest BCUT2D eigenvalue weighted by Crippen LogP contribution is -2.14. The van der Waals surface area contributed by atoms with E-state index in [1.807, 2.05) is 0 Å². The molecule has 9 nitrogen and oxygen atoms in total. The van der Waals surface area contributed by atoms with E-state index in [2.05, 4.69) is 26.2 Å². The van der Waals surface area contributed by atoms with Gasteiger partial charge >= 0.3 is 0 Å². The molecule has 0 spiro atoms. The summed E-state index contributed by atoms with van der Waals surface area (Å²) in [7, 11) is 0. The Bertz CT molecular complexity index is 1110. The number of rotatable bonds is 5. The molecule has 2 heterocycles. The number of benzene rings is 2. The number of furan rings is 1. The van der Waals surface area contributed by atoms with Crippen molar-refractivity contribution in [1.82, 2.24) is 20.2 Å². The van der Waals surface area contributed by atoms with Crippen molar-refractivity contribution in [2.75, 3.05) is 10.6 Å². The summed E-state index contributed by atoms with van der Waals surface area (Å²) in [5.74, 6) is -0.471. The van der Waals surface area contributed by atoms with E-state index in [0.717, 1.165) is 0 Å². The van der Waals surface area contributed by atoms with Gasteiger partial charge in [0, 0.05) is 16.9 Å². The van der Waals surface area contributed by atoms with Crippen LogP contribution >= 0.6 is 0 Å². The number of nitrogens with zero attached hydrogens (tertiary/aromatic N) is 4. The Morgan fingerprint density at radius 3 is 2.39 bits per heavy atom. The molecule has 28 heavy (non-hydrogen) atoms. The van der Waals surface area contributed by atoms with Gasteiger partial charge in [0.25, 0.3) is 11.8 Å². The van der Waals surface area contributed by atoms with Gasteiger partial charge in [-0.05, 0) is 59.0 Å². The zero-order valence-electron chi connectivity index (χ0n) is 14.4. The Morgan fingerprint density at radius 2 is 1.68 bits per heavy atom. The molecule has 0 bridgehead atoms. The highest BCUT2D eigenvalue weighted by molar-refractivity contribution is 6.05. The maximum atomic E-state index is 12.6. The van der Waals surface area contributed by atoms with Crippen molar-refractivity contribution < 1.29 is 14.0 Å². The number of carbonyl (C=O) groups is 2. The van der Waals surface area contributed by atoms with E-state index in [-0.39, 0.29) is 17.6 Å². The van der Waals surface area contributed by atoms with Crippen molar-refractivity contribution in [2.45, 2.75) is 0 Å². The Labute approximate surface area is 159 Å². The Kier molecular flexibility index (Phi) is 4.62. The first-order valence-electron chi connectivity index (χ1n) is 8.29. The van der Waals surface area contributed by atoms with Crippen molar-refractivity contribution in [1.29, 1.82) is 0 Å². The van der Waals surface area contributed by atoms with E-state index in [9.17, 15) is 9.59 Å². The Hall–Kier alpha value is -4.27. The summed E-state index contributed by atoms with van der Waals surface area (Å²) in [5, 5.41) is 16.5. The third kappa shape index (κ3) is 3.78. The van der Waals surface area contributed by atoms with E-state index in [1.54, 1.807) is 60.7 Å². The minimum absolute atomic E-state index is 0.203. The summed E-state index contributed by atoms with van der Waals surface area (Å²) in [4.78, 5) is 24.7. The van der Waals surface area contributed by atoms with Crippen molar-refractivity contribution in [3.63, 3.8) is 0 Å². The van der Waals surface area contributed by atoms with Gasteiger partial charge in [-0.3, -0.25) is 9.59 Å². The number of nitrogens with one attached hydrogen (secondary N) is 2. The van der Waals surface area contributed by atoms with Gasteiger partial charge in [0.15, 0.2) is 5.76 Å². The maximum Gasteiger partial charge on any atom is 0.291 e. The van der Waals surface area contributed by atoms with Crippen molar-refractivity contribution in [3.8, 4) is 5.69 Å². The number of hydrogen-bond donors (Lipinski definition) is 2. The lowest BCUT2D eigenvalue weighted by Gasteiger charge is -2.09. The van der Waals surface area contributed by atoms with Crippen LogP contribution in [0.4, 0.5) is 11.4 Å². The van der Waals surface area contributed by atoms with Crippen LogP contribution in [-0.2, 0) is 0 Å². The number of tetrazole rings is 1. The normalized spacial score (nSPS) is 10.4. The highest BCUT2D eigenvalue weighted by atomic mass is 16.3. The smallest absolute Gasteiger partial charge is 0.291 e. The third-order valence-corrected chi connectivity index (χ3v) is 3.85. The third-order valence-electron chi connectivity index (χ3n) is 3.85. The largest absolute Gasteiger partial charge is 0.459 e. The van der Waals surface area contributed by atoms with E-state index < -0.39 is 0 Å². The molecule has 2 amide bonds. The fourth-order valence-electron chi connectivity index (χ4n) is 2.55. The van der Waals surface area contributed by atoms with Gasteiger partial charge in [0.05, 0.1) is 12.0 Å². The van der Waals surface area contributed by atoms with Crippen LogP contribution in [0, 0.1) is 0 Å². The molecule has 2 aromatic carbocycles. The molecule has 2 aromatic heterocycles. The lowest BCUT2D eigenvalue weighted by atomic mass is 10.2. The van der Waals surface area contributed by atoms with Crippen LogP contribution in [0.3, 0.4) is 0 Å². The fourth-order valence-corrected chi connectivity index (χ4v) is 2.55. The predicted molar refractivity (Wildman–Crippen MR) is 100 cm³/mol. The molecule has 0 aliphatic heterocycles. The molecule has 0 aliphatic carbocycles. The quantitative estimate of drug-likeness (QED) is 0.555. The first-order chi connectivity index (χ1) is 13.7. The molecule has 9 heteroatoms. The average Bonchev–Trinajstić information content (AvgIpc) is 3.42. The summed E-state index contributed by atoms with van der Waals surface area (Å²) in [6.45, 7) is 0. The SMILES string of the molecule is O=C(Nc1cccc(NC(=O)c2ccco2)c1)c1cccc(-n2cnnn2)c1. The number of hydrogen-bond acceptors (Lipinski definition) is 6. The Balaban J connectivity index is 1.48. The predicted octanol–water partition coefficient (Wildman–Crippen LogP) is 2.76. The number of anilines is 2. The molecule has 4 rings (SSSR count). The van der Waals surface area contributed by atoms with E-state index in [4.69, 9.17) is 4.42 Å². The van der Waals surface area contributed by atoms with E-state index in [0.29, 0.717) is 22.6 Å². The zero-order chi connectivity index (χ0) is 19.3. The van der Waals surface area contributed by atoms with E-state index in [1.165, 1.54) is 17.3 Å². The second kappa shape index (κ2) is 7.54. The van der Waals surface area contributed by atoms with Crippen LogP contribution in [-0.4, -0.2) is 32.0 Å². The molecule has 4 aromatic rings. The second-order valence-corrected chi connectivity index (χ2v) is 5.77. The van der Waals surface area contributed by atoms with Gasteiger partial charge in [0.1, 0.15) is 6.33 Å². The van der Waals surface area contributed by atoms with Crippen molar-refractivity contribution in [2.24, 2.45) is 0 Å².